The molecule has 0 unspecified atom stereocenters. The van der Waals surface area contributed by atoms with Crippen LogP contribution in [0.25, 0.3) is 0 Å². The zero-order valence-electron chi connectivity index (χ0n) is 7.84. The molecule has 7 nitrogen and oxygen atoms in total. The summed E-state index contributed by atoms with van der Waals surface area (Å²) in [6.07, 6.45) is 0.327. The molecule has 0 aromatic rings. The van der Waals surface area contributed by atoms with Crippen molar-refractivity contribution in [1.29, 1.82) is 0 Å². The van der Waals surface area contributed by atoms with Gasteiger partial charge in [0.15, 0.2) is 0 Å². The van der Waals surface area contributed by atoms with Gasteiger partial charge in [-0.05, 0) is 16.7 Å². The average molecular weight is 227 g/mol. The van der Waals surface area contributed by atoms with Crippen LogP contribution in [0.4, 0.5) is 0 Å². The number of hydrogen-bond acceptors (Lipinski definition) is 6. The summed E-state index contributed by atoms with van der Waals surface area (Å²) < 4.78 is 31.4. The van der Waals surface area contributed by atoms with E-state index in [2.05, 4.69) is 9.22 Å². The summed E-state index contributed by atoms with van der Waals surface area (Å²) in [5.74, 6) is -0.889. The van der Waals surface area contributed by atoms with E-state index < -0.39 is 22.4 Å². The maximum Gasteiger partial charge on any atom is 0.432 e. The van der Waals surface area contributed by atoms with Crippen molar-refractivity contribution in [1.82, 2.24) is 0 Å². The van der Waals surface area contributed by atoms with E-state index >= 15 is 0 Å². The standard InChI is InChI=1S/C6H13NO6S/c1-4(2)3-5(7)6(8)12-13-14(9,10)11/h4-5H,3,7H2,1-2H3,(H,9,10,11)/t5-/m0/s1. The maximum atomic E-state index is 10.9. The van der Waals surface area contributed by atoms with Crippen molar-refractivity contribution in [3.63, 3.8) is 0 Å². The normalized spacial score (nSPS) is 14.1. The smallest absolute Gasteiger partial charge is 0.318 e. The van der Waals surface area contributed by atoms with Crippen LogP contribution >= 0.6 is 0 Å². The van der Waals surface area contributed by atoms with E-state index in [0.717, 1.165) is 0 Å². The van der Waals surface area contributed by atoms with Gasteiger partial charge in [-0.2, -0.15) is 8.42 Å². The number of rotatable bonds is 5. The first-order valence-corrected chi connectivity index (χ1v) is 5.22. The predicted octanol–water partition coefficient (Wildman–Crippen LogP) is -0.363. The van der Waals surface area contributed by atoms with Crippen molar-refractivity contribution in [2.45, 2.75) is 26.3 Å². The third-order valence-electron chi connectivity index (χ3n) is 1.23. The van der Waals surface area contributed by atoms with Crippen molar-refractivity contribution in [2.24, 2.45) is 11.7 Å². The molecule has 0 aromatic heterocycles. The third kappa shape index (κ3) is 6.78. The molecule has 0 fully saturated rings. The largest absolute Gasteiger partial charge is 0.432 e. The molecule has 0 aliphatic rings. The van der Waals surface area contributed by atoms with Crippen LogP contribution in [0.15, 0.2) is 0 Å². The summed E-state index contributed by atoms with van der Waals surface area (Å²) in [6, 6.07) is -0.975. The summed E-state index contributed by atoms with van der Waals surface area (Å²) in [5, 5.41) is 0. The maximum absolute atomic E-state index is 10.9. The fraction of sp³-hybridized carbons (Fsp3) is 0.833. The van der Waals surface area contributed by atoms with E-state index in [1.807, 2.05) is 13.8 Å². The van der Waals surface area contributed by atoms with Gasteiger partial charge in [0.25, 0.3) is 0 Å². The van der Waals surface area contributed by atoms with Crippen LogP contribution in [0.3, 0.4) is 0 Å². The minimum Gasteiger partial charge on any atom is -0.318 e. The highest BCUT2D eigenvalue weighted by Gasteiger charge is 2.20. The molecule has 0 saturated heterocycles. The highest BCUT2D eigenvalue weighted by molar-refractivity contribution is 7.80. The van der Waals surface area contributed by atoms with Crippen LogP contribution in [-0.2, 0) is 24.4 Å². The van der Waals surface area contributed by atoms with Gasteiger partial charge in [0.05, 0.1) is 0 Å². The summed E-state index contributed by atoms with van der Waals surface area (Å²) in [7, 11) is -4.78. The number of nitrogens with two attached hydrogens (primary N) is 1. The first-order valence-electron chi connectivity index (χ1n) is 3.85. The van der Waals surface area contributed by atoms with E-state index in [1.54, 1.807) is 0 Å². The average Bonchev–Trinajstić information content (AvgIpc) is 1.97. The Kier molecular flexibility index (Phi) is 4.99. The Morgan fingerprint density at radius 3 is 2.36 bits per heavy atom. The Morgan fingerprint density at radius 2 is 2.00 bits per heavy atom. The quantitative estimate of drug-likeness (QED) is 0.374. The SMILES string of the molecule is CC(C)C[C@H](N)C(=O)OOS(=O)(=O)O. The first-order chi connectivity index (χ1) is 6.22. The molecule has 0 aromatic carbocycles. The summed E-state index contributed by atoms with van der Waals surface area (Å²) in [6.45, 7) is 3.66. The van der Waals surface area contributed by atoms with E-state index in [1.165, 1.54) is 0 Å². The van der Waals surface area contributed by atoms with E-state index in [4.69, 9.17) is 10.3 Å². The van der Waals surface area contributed by atoms with Gasteiger partial charge < -0.3 is 5.73 Å². The van der Waals surface area contributed by atoms with Crippen LogP contribution in [-0.4, -0.2) is 25.0 Å². The summed E-state index contributed by atoms with van der Waals surface area (Å²) >= 11 is 0. The molecule has 0 bridgehead atoms. The molecule has 0 heterocycles. The first kappa shape index (κ1) is 13.3. The second-order valence-corrected chi connectivity index (χ2v) is 4.13. The second kappa shape index (κ2) is 5.25. The van der Waals surface area contributed by atoms with Crippen LogP contribution < -0.4 is 5.73 Å². The molecule has 0 amide bonds. The van der Waals surface area contributed by atoms with Crippen LogP contribution in [0.2, 0.25) is 0 Å². The van der Waals surface area contributed by atoms with E-state index in [0.29, 0.717) is 6.42 Å². The second-order valence-electron chi connectivity index (χ2n) is 3.13. The molecular formula is C6H13NO6S. The topological polar surface area (TPSA) is 116 Å². The Morgan fingerprint density at radius 1 is 1.50 bits per heavy atom. The van der Waals surface area contributed by atoms with Crippen molar-refractivity contribution in [3.05, 3.63) is 0 Å². The zero-order valence-corrected chi connectivity index (χ0v) is 8.65. The van der Waals surface area contributed by atoms with Crippen LogP contribution in [0, 0.1) is 5.92 Å². The van der Waals surface area contributed by atoms with Gasteiger partial charge in [-0.15, -0.1) is 0 Å². The lowest BCUT2D eigenvalue weighted by Crippen LogP contribution is -2.34. The van der Waals surface area contributed by atoms with Crippen molar-refractivity contribution in [3.8, 4) is 0 Å². The molecule has 3 N–H and O–H groups in total. The highest BCUT2D eigenvalue weighted by Crippen LogP contribution is 2.04. The molecule has 8 heteroatoms. The van der Waals surface area contributed by atoms with Gasteiger partial charge in [0.1, 0.15) is 6.04 Å². The fourth-order valence-corrected chi connectivity index (χ4v) is 0.895. The van der Waals surface area contributed by atoms with Gasteiger partial charge in [-0.3, -0.25) is 9.44 Å². The Labute approximate surface area is 82.1 Å². The summed E-state index contributed by atoms with van der Waals surface area (Å²) in [4.78, 5) is 14.6. The Bertz CT molecular complexity index is 285. The van der Waals surface area contributed by atoms with Gasteiger partial charge in [-0.25, -0.2) is 4.79 Å². The number of carbonyl (C=O) groups excluding carboxylic acids is 1. The van der Waals surface area contributed by atoms with Gasteiger partial charge in [0.2, 0.25) is 0 Å². The lowest BCUT2D eigenvalue weighted by molar-refractivity contribution is -0.216. The van der Waals surface area contributed by atoms with Gasteiger partial charge in [-0.1, -0.05) is 13.8 Å². The zero-order chi connectivity index (χ0) is 11.4. The minimum absolute atomic E-state index is 0.156. The van der Waals surface area contributed by atoms with Crippen molar-refractivity contribution < 1.29 is 27.0 Å². The molecule has 0 spiro atoms. The Hall–Kier alpha value is -0.700. The molecule has 0 saturated carbocycles. The Balaban J connectivity index is 3.97. The van der Waals surface area contributed by atoms with Crippen LogP contribution in [0.5, 0.6) is 0 Å². The van der Waals surface area contributed by atoms with E-state index in [9.17, 15) is 13.2 Å². The molecule has 0 aliphatic heterocycles. The van der Waals surface area contributed by atoms with Crippen LogP contribution in [0.1, 0.15) is 20.3 Å². The molecule has 0 rings (SSSR count). The molecule has 0 aliphatic carbocycles. The van der Waals surface area contributed by atoms with Gasteiger partial charge >= 0.3 is 16.4 Å². The monoisotopic (exact) mass is 227 g/mol. The minimum atomic E-state index is -4.78. The van der Waals surface area contributed by atoms with E-state index in [-0.39, 0.29) is 5.92 Å². The number of hydrogen-bond donors (Lipinski definition) is 2. The van der Waals surface area contributed by atoms with Gasteiger partial charge in [0, 0.05) is 0 Å². The summed E-state index contributed by atoms with van der Waals surface area (Å²) in [5.41, 5.74) is 5.32. The molecule has 0 radical (unpaired) electrons. The van der Waals surface area contributed by atoms with Crippen molar-refractivity contribution >= 4 is 16.4 Å². The van der Waals surface area contributed by atoms with Crippen molar-refractivity contribution in [2.75, 3.05) is 0 Å². The lowest BCUT2D eigenvalue weighted by atomic mass is 10.1. The predicted molar refractivity (Wildman–Crippen MR) is 46.2 cm³/mol. The fourth-order valence-electron chi connectivity index (χ4n) is 0.742. The molecule has 1 atom stereocenters. The lowest BCUT2D eigenvalue weighted by Gasteiger charge is -2.10. The number of carbonyl (C=O) groups is 1. The third-order valence-corrected chi connectivity index (χ3v) is 1.47. The highest BCUT2D eigenvalue weighted by atomic mass is 32.3. The molecule has 14 heavy (non-hydrogen) atoms. The molecular weight excluding hydrogens is 214 g/mol. The molecule has 84 valence electrons.